The number of thioether (sulfide) groups is 1. The Morgan fingerprint density at radius 3 is 2.62 bits per heavy atom. The molecule has 5 nitrogen and oxygen atoms in total. The Hall–Kier alpha value is -1.47. The number of halogens is 1. The van der Waals surface area contributed by atoms with Crippen LogP contribution in [0.25, 0.3) is 0 Å². The fourth-order valence-electron chi connectivity index (χ4n) is 1.71. The van der Waals surface area contributed by atoms with E-state index >= 15 is 0 Å². The van der Waals surface area contributed by atoms with Crippen LogP contribution in [0.15, 0.2) is 29.4 Å². The van der Waals surface area contributed by atoms with Gasteiger partial charge in [0.2, 0.25) is 5.16 Å². The maximum absolute atomic E-state index is 12.8. The molecule has 0 fully saturated rings. The molecule has 0 saturated carbocycles. The number of hydrogen-bond acceptors (Lipinski definition) is 5. The first kappa shape index (κ1) is 15.9. The smallest absolute Gasteiger partial charge is 0.209 e. The van der Waals surface area contributed by atoms with Crippen LogP contribution >= 0.6 is 11.8 Å². The van der Waals surface area contributed by atoms with E-state index in [9.17, 15) is 4.39 Å². The fraction of sp³-hybridized carbons (Fsp3) is 0.500. The SMILES string of the molecule is CC(C)(C)NCCn1nnnc1SCc1ccc(F)cc1. The summed E-state index contributed by atoms with van der Waals surface area (Å²) >= 11 is 1.55. The van der Waals surface area contributed by atoms with E-state index in [1.54, 1.807) is 28.6 Å². The quantitative estimate of drug-likeness (QED) is 0.831. The zero-order chi connectivity index (χ0) is 15.3. The van der Waals surface area contributed by atoms with Crippen molar-refractivity contribution in [2.24, 2.45) is 0 Å². The molecule has 0 amide bonds. The lowest BCUT2D eigenvalue weighted by atomic mass is 10.1. The lowest BCUT2D eigenvalue weighted by Crippen LogP contribution is -2.38. The number of hydrogen-bond donors (Lipinski definition) is 1. The number of tetrazole rings is 1. The summed E-state index contributed by atoms with van der Waals surface area (Å²) < 4.78 is 14.6. The van der Waals surface area contributed by atoms with Crippen LogP contribution in [0.5, 0.6) is 0 Å². The summed E-state index contributed by atoms with van der Waals surface area (Å²) in [6, 6.07) is 6.48. The van der Waals surface area contributed by atoms with E-state index in [0.29, 0.717) is 5.75 Å². The number of aromatic nitrogens is 4. The van der Waals surface area contributed by atoms with Crippen LogP contribution < -0.4 is 5.32 Å². The standard InChI is InChI=1S/C14H20FN5S/c1-14(2,3)16-8-9-20-13(17-18-19-20)21-10-11-4-6-12(15)7-5-11/h4-7,16H,8-10H2,1-3H3. The van der Waals surface area contributed by atoms with Crippen molar-refractivity contribution in [3.8, 4) is 0 Å². The zero-order valence-corrected chi connectivity index (χ0v) is 13.3. The van der Waals surface area contributed by atoms with Crippen molar-refractivity contribution in [1.29, 1.82) is 0 Å². The van der Waals surface area contributed by atoms with Crippen LogP contribution in [0.3, 0.4) is 0 Å². The highest BCUT2D eigenvalue weighted by Crippen LogP contribution is 2.19. The first-order chi connectivity index (χ1) is 9.94. The predicted octanol–water partition coefficient (Wildman–Crippen LogP) is 2.49. The lowest BCUT2D eigenvalue weighted by molar-refractivity contribution is 0.396. The van der Waals surface area contributed by atoms with E-state index in [4.69, 9.17) is 0 Å². The van der Waals surface area contributed by atoms with Gasteiger partial charge in [-0.05, 0) is 48.9 Å². The summed E-state index contributed by atoms with van der Waals surface area (Å²) in [6.45, 7) is 7.89. The summed E-state index contributed by atoms with van der Waals surface area (Å²) in [4.78, 5) is 0. The van der Waals surface area contributed by atoms with Crippen LogP contribution in [0, 0.1) is 5.82 Å². The van der Waals surface area contributed by atoms with Gasteiger partial charge >= 0.3 is 0 Å². The highest BCUT2D eigenvalue weighted by Gasteiger charge is 2.10. The molecule has 0 aliphatic carbocycles. The largest absolute Gasteiger partial charge is 0.310 e. The zero-order valence-electron chi connectivity index (χ0n) is 12.5. The molecule has 7 heteroatoms. The predicted molar refractivity (Wildman–Crippen MR) is 81.5 cm³/mol. The third-order valence-corrected chi connectivity index (χ3v) is 3.79. The van der Waals surface area contributed by atoms with E-state index in [1.165, 1.54) is 12.1 Å². The molecule has 0 bridgehead atoms. The van der Waals surface area contributed by atoms with Crippen LogP contribution in [-0.4, -0.2) is 32.3 Å². The molecule has 1 aromatic heterocycles. The topological polar surface area (TPSA) is 55.6 Å². The Kier molecular flexibility index (Phi) is 5.30. The maximum Gasteiger partial charge on any atom is 0.209 e. The molecule has 0 radical (unpaired) electrons. The Labute approximate surface area is 128 Å². The molecule has 1 N–H and O–H groups in total. The van der Waals surface area contributed by atoms with Gasteiger partial charge < -0.3 is 5.32 Å². The average Bonchev–Trinajstić information content (AvgIpc) is 2.84. The number of rotatable bonds is 6. The second-order valence-electron chi connectivity index (χ2n) is 5.78. The van der Waals surface area contributed by atoms with Crippen molar-refractivity contribution >= 4 is 11.8 Å². The van der Waals surface area contributed by atoms with Crippen molar-refractivity contribution in [3.05, 3.63) is 35.6 Å². The third kappa shape index (κ3) is 5.43. The maximum atomic E-state index is 12.8. The van der Waals surface area contributed by atoms with Crippen molar-refractivity contribution in [2.45, 2.75) is 43.8 Å². The van der Waals surface area contributed by atoms with E-state index in [-0.39, 0.29) is 11.4 Å². The second-order valence-corrected chi connectivity index (χ2v) is 6.72. The van der Waals surface area contributed by atoms with E-state index < -0.39 is 0 Å². The molecule has 114 valence electrons. The molecule has 0 atom stereocenters. The molecule has 0 spiro atoms. The molecule has 0 aliphatic rings. The molecule has 2 aromatic rings. The van der Waals surface area contributed by atoms with Crippen molar-refractivity contribution < 1.29 is 4.39 Å². The summed E-state index contributed by atoms with van der Waals surface area (Å²) in [5, 5.41) is 15.9. The van der Waals surface area contributed by atoms with Crippen LogP contribution in [0.1, 0.15) is 26.3 Å². The van der Waals surface area contributed by atoms with Crippen LogP contribution in [-0.2, 0) is 12.3 Å². The van der Waals surface area contributed by atoms with Crippen molar-refractivity contribution in [3.63, 3.8) is 0 Å². The highest BCUT2D eigenvalue weighted by molar-refractivity contribution is 7.98. The molecular formula is C14H20FN5S. The number of nitrogens with zero attached hydrogens (tertiary/aromatic N) is 4. The fourth-order valence-corrected chi connectivity index (χ4v) is 2.56. The van der Waals surface area contributed by atoms with Crippen molar-refractivity contribution in [2.75, 3.05) is 6.54 Å². The Morgan fingerprint density at radius 2 is 1.95 bits per heavy atom. The summed E-state index contributed by atoms with van der Waals surface area (Å²) in [7, 11) is 0. The Bertz CT molecular complexity index is 561. The minimum absolute atomic E-state index is 0.0788. The molecular weight excluding hydrogens is 289 g/mol. The van der Waals surface area contributed by atoms with Gasteiger partial charge in [-0.3, -0.25) is 0 Å². The van der Waals surface area contributed by atoms with Gasteiger partial charge in [0.05, 0.1) is 6.54 Å². The van der Waals surface area contributed by atoms with Gasteiger partial charge in [-0.25, -0.2) is 9.07 Å². The summed E-state index contributed by atoms with van der Waals surface area (Å²) in [5.41, 5.74) is 1.12. The second kappa shape index (κ2) is 7.00. The van der Waals surface area contributed by atoms with Gasteiger partial charge in [-0.2, -0.15) is 0 Å². The first-order valence-electron chi connectivity index (χ1n) is 6.82. The van der Waals surface area contributed by atoms with E-state index in [2.05, 4.69) is 41.6 Å². The summed E-state index contributed by atoms with van der Waals surface area (Å²) in [6.07, 6.45) is 0. The normalized spacial score (nSPS) is 11.8. The van der Waals surface area contributed by atoms with Crippen molar-refractivity contribution in [1.82, 2.24) is 25.5 Å². The molecule has 0 saturated heterocycles. The first-order valence-corrected chi connectivity index (χ1v) is 7.81. The molecule has 2 rings (SSSR count). The van der Waals surface area contributed by atoms with Gasteiger partial charge in [0, 0.05) is 17.8 Å². The monoisotopic (exact) mass is 309 g/mol. The summed E-state index contributed by atoms with van der Waals surface area (Å²) in [5.74, 6) is 0.495. The molecule has 1 aromatic carbocycles. The van der Waals surface area contributed by atoms with E-state index in [1.807, 2.05) is 0 Å². The highest BCUT2D eigenvalue weighted by atomic mass is 32.2. The third-order valence-electron chi connectivity index (χ3n) is 2.76. The Balaban J connectivity index is 1.86. The van der Waals surface area contributed by atoms with Crippen LogP contribution in [0.2, 0.25) is 0 Å². The minimum atomic E-state index is -0.221. The molecule has 0 unspecified atom stereocenters. The average molecular weight is 309 g/mol. The van der Waals surface area contributed by atoms with Gasteiger partial charge in [0.15, 0.2) is 0 Å². The van der Waals surface area contributed by atoms with Gasteiger partial charge in [0.1, 0.15) is 5.82 Å². The minimum Gasteiger partial charge on any atom is -0.310 e. The van der Waals surface area contributed by atoms with E-state index in [0.717, 1.165) is 23.8 Å². The molecule has 21 heavy (non-hydrogen) atoms. The Morgan fingerprint density at radius 1 is 1.24 bits per heavy atom. The molecule has 1 heterocycles. The van der Waals surface area contributed by atoms with Crippen LogP contribution in [0.4, 0.5) is 4.39 Å². The number of nitrogens with one attached hydrogen (secondary N) is 1. The van der Waals surface area contributed by atoms with Gasteiger partial charge in [-0.1, -0.05) is 23.9 Å². The van der Waals surface area contributed by atoms with Gasteiger partial charge in [-0.15, -0.1) is 5.10 Å². The molecule has 0 aliphatic heterocycles. The lowest BCUT2D eigenvalue weighted by Gasteiger charge is -2.20. The van der Waals surface area contributed by atoms with Gasteiger partial charge in [0.25, 0.3) is 0 Å². The number of benzene rings is 1.